The highest BCUT2D eigenvalue weighted by Crippen LogP contribution is 2.40. The lowest BCUT2D eigenvalue weighted by molar-refractivity contribution is 0.0715. The number of amides is 2. The zero-order chi connectivity index (χ0) is 21.4. The summed E-state index contributed by atoms with van der Waals surface area (Å²) in [6.45, 7) is 4.20. The highest BCUT2D eigenvalue weighted by atomic mass is 16.5. The first-order valence-corrected chi connectivity index (χ1v) is 9.64. The standard InChI is InChI=1S/C22H23N3O5/c1-13-17-16(29-2)12-15(26)18(21(23)27)20(17)30-19(13)22(28)25-10-8-24(9-11-25)14-6-4-3-5-7-14/h3-7,12,26H,8-11H2,1-2H3,(H2,23,27). The van der Waals surface area contributed by atoms with Crippen LogP contribution in [0.25, 0.3) is 11.0 Å². The smallest absolute Gasteiger partial charge is 0.290 e. The lowest BCUT2D eigenvalue weighted by Crippen LogP contribution is -2.48. The molecule has 0 saturated carbocycles. The molecule has 3 aromatic rings. The number of anilines is 1. The summed E-state index contributed by atoms with van der Waals surface area (Å²) >= 11 is 0. The van der Waals surface area contributed by atoms with Crippen LogP contribution in [0.3, 0.4) is 0 Å². The summed E-state index contributed by atoms with van der Waals surface area (Å²) in [7, 11) is 1.44. The number of carbonyl (C=O) groups is 2. The molecule has 156 valence electrons. The van der Waals surface area contributed by atoms with Crippen LogP contribution in [-0.2, 0) is 0 Å². The predicted molar refractivity (Wildman–Crippen MR) is 112 cm³/mol. The van der Waals surface area contributed by atoms with Gasteiger partial charge in [0.2, 0.25) is 0 Å². The number of benzene rings is 2. The van der Waals surface area contributed by atoms with E-state index in [1.807, 2.05) is 30.3 Å². The lowest BCUT2D eigenvalue weighted by Gasteiger charge is -2.35. The molecule has 1 aromatic heterocycles. The van der Waals surface area contributed by atoms with E-state index in [1.165, 1.54) is 13.2 Å². The number of furan rings is 1. The number of nitrogens with two attached hydrogens (primary N) is 1. The van der Waals surface area contributed by atoms with E-state index in [0.29, 0.717) is 42.9 Å². The summed E-state index contributed by atoms with van der Waals surface area (Å²) < 4.78 is 11.1. The fourth-order valence-corrected chi connectivity index (χ4v) is 3.92. The van der Waals surface area contributed by atoms with Gasteiger partial charge in [-0.3, -0.25) is 9.59 Å². The average Bonchev–Trinajstić information content (AvgIpc) is 3.09. The van der Waals surface area contributed by atoms with Gasteiger partial charge in [0.05, 0.1) is 12.5 Å². The molecular formula is C22H23N3O5. The number of aromatic hydroxyl groups is 1. The minimum Gasteiger partial charge on any atom is -0.507 e. The van der Waals surface area contributed by atoms with Crippen LogP contribution in [0.2, 0.25) is 0 Å². The van der Waals surface area contributed by atoms with Gasteiger partial charge in [-0.15, -0.1) is 0 Å². The van der Waals surface area contributed by atoms with E-state index in [9.17, 15) is 14.7 Å². The van der Waals surface area contributed by atoms with Crippen molar-refractivity contribution in [1.29, 1.82) is 0 Å². The molecule has 30 heavy (non-hydrogen) atoms. The number of nitrogens with zero attached hydrogens (tertiary/aromatic N) is 2. The van der Waals surface area contributed by atoms with E-state index >= 15 is 0 Å². The van der Waals surface area contributed by atoms with Gasteiger partial charge in [0.25, 0.3) is 11.8 Å². The van der Waals surface area contributed by atoms with Gasteiger partial charge >= 0.3 is 0 Å². The topological polar surface area (TPSA) is 109 Å². The van der Waals surface area contributed by atoms with Gasteiger partial charge < -0.3 is 29.8 Å². The molecule has 2 amide bonds. The lowest BCUT2D eigenvalue weighted by atomic mass is 10.1. The van der Waals surface area contributed by atoms with Crippen molar-refractivity contribution in [2.45, 2.75) is 6.92 Å². The molecule has 2 heterocycles. The number of rotatable bonds is 4. The van der Waals surface area contributed by atoms with Crippen LogP contribution in [0.4, 0.5) is 5.69 Å². The maximum atomic E-state index is 13.2. The molecule has 3 N–H and O–H groups in total. The molecule has 8 nitrogen and oxygen atoms in total. The maximum absolute atomic E-state index is 13.2. The highest BCUT2D eigenvalue weighted by Gasteiger charge is 2.30. The molecule has 0 radical (unpaired) electrons. The molecule has 1 aliphatic heterocycles. The monoisotopic (exact) mass is 409 g/mol. The number of methoxy groups -OCH3 is 1. The normalized spacial score (nSPS) is 14.2. The number of para-hydroxylation sites is 1. The summed E-state index contributed by atoms with van der Waals surface area (Å²) in [6, 6.07) is 11.3. The number of piperazine rings is 1. The first-order chi connectivity index (χ1) is 14.4. The highest BCUT2D eigenvalue weighted by molar-refractivity contribution is 6.11. The Kier molecular flexibility index (Phi) is 4.99. The minimum absolute atomic E-state index is 0.0584. The van der Waals surface area contributed by atoms with Crippen LogP contribution < -0.4 is 15.4 Å². The van der Waals surface area contributed by atoms with E-state index in [0.717, 1.165) is 5.69 Å². The van der Waals surface area contributed by atoms with Crippen LogP contribution in [-0.4, -0.2) is 55.1 Å². The Morgan fingerprint density at radius 2 is 1.80 bits per heavy atom. The second kappa shape index (κ2) is 7.62. The van der Waals surface area contributed by atoms with Crippen LogP contribution in [0, 0.1) is 6.92 Å². The zero-order valence-corrected chi connectivity index (χ0v) is 16.8. The number of fused-ring (bicyclic) bond motifs is 1. The summed E-state index contributed by atoms with van der Waals surface area (Å²) in [6.07, 6.45) is 0. The minimum atomic E-state index is -0.843. The van der Waals surface area contributed by atoms with Gasteiger partial charge in [-0.05, 0) is 19.1 Å². The second-order valence-corrected chi connectivity index (χ2v) is 7.21. The fraction of sp³-hybridized carbons (Fsp3) is 0.273. The Bertz CT molecular complexity index is 1110. The average molecular weight is 409 g/mol. The molecule has 0 atom stereocenters. The van der Waals surface area contributed by atoms with Crippen molar-refractivity contribution in [3.05, 3.63) is 53.3 Å². The van der Waals surface area contributed by atoms with Crippen molar-refractivity contribution in [1.82, 2.24) is 4.90 Å². The molecule has 1 fully saturated rings. The van der Waals surface area contributed by atoms with Crippen molar-refractivity contribution in [2.24, 2.45) is 5.73 Å². The van der Waals surface area contributed by atoms with E-state index in [1.54, 1.807) is 11.8 Å². The van der Waals surface area contributed by atoms with Crippen molar-refractivity contribution < 1.29 is 23.8 Å². The molecule has 2 aromatic carbocycles. The molecule has 1 aliphatic rings. The van der Waals surface area contributed by atoms with Crippen molar-refractivity contribution in [3.63, 3.8) is 0 Å². The zero-order valence-electron chi connectivity index (χ0n) is 16.8. The summed E-state index contributed by atoms with van der Waals surface area (Å²) in [5.74, 6) is -1.04. The van der Waals surface area contributed by atoms with Crippen LogP contribution in [0.5, 0.6) is 11.5 Å². The number of aryl methyl sites for hydroxylation is 1. The molecular weight excluding hydrogens is 386 g/mol. The third-order valence-corrected chi connectivity index (χ3v) is 5.49. The van der Waals surface area contributed by atoms with Gasteiger partial charge in [0.15, 0.2) is 11.3 Å². The summed E-state index contributed by atoms with van der Waals surface area (Å²) in [5.41, 5.74) is 6.98. The molecule has 8 heteroatoms. The third kappa shape index (κ3) is 3.20. The van der Waals surface area contributed by atoms with Gasteiger partial charge in [0.1, 0.15) is 17.1 Å². The summed E-state index contributed by atoms with van der Waals surface area (Å²) in [4.78, 5) is 29.0. The van der Waals surface area contributed by atoms with E-state index in [4.69, 9.17) is 14.9 Å². The van der Waals surface area contributed by atoms with Crippen LogP contribution in [0.15, 0.2) is 40.8 Å². The fourth-order valence-electron chi connectivity index (χ4n) is 3.92. The van der Waals surface area contributed by atoms with Crippen LogP contribution in [0.1, 0.15) is 26.5 Å². The van der Waals surface area contributed by atoms with Crippen LogP contribution >= 0.6 is 0 Å². The first-order valence-electron chi connectivity index (χ1n) is 9.64. The molecule has 1 saturated heterocycles. The quantitative estimate of drug-likeness (QED) is 0.685. The number of hydrogen-bond acceptors (Lipinski definition) is 6. The number of hydrogen-bond donors (Lipinski definition) is 2. The number of carbonyl (C=O) groups excluding carboxylic acids is 2. The molecule has 0 unspecified atom stereocenters. The largest absolute Gasteiger partial charge is 0.507 e. The van der Waals surface area contributed by atoms with E-state index < -0.39 is 5.91 Å². The van der Waals surface area contributed by atoms with Crippen molar-refractivity contribution in [2.75, 3.05) is 38.2 Å². The van der Waals surface area contributed by atoms with Crippen molar-refractivity contribution in [3.8, 4) is 11.5 Å². The van der Waals surface area contributed by atoms with Gasteiger partial charge in [-0.2, -0.15) is 0 Å². The van der Waals surface area contributed by atoms with Gasteiger partial charge in [-0.25, -0.2) is 0 Å². The van der Waals surface area contributed by atoms with Gasteiger partial charge in [0, 0.05) is 43.5 Å². The Hall–Kier alpha value is -3.68. The number of ether oxygens (including phenoxy) is 1. The second-order valence-electron chi connectivity index (χ2n) is 7.21. The van der Waals surface area contributed by atoms with Crippen molar-refractivity contribution >= 4 is 28.5 Å². The Morgan fingerprint density at radius 3 is 2.40 bits per heavy atom. The Balaban J connectivity index is 1.65. The summed E-state index contributed by atoms with van der Waals surface area (Å²) in [5, 5.41) is 10.6. The Morgan fingerprint density at radius 1 is 1.13 bits per heavy atom. The maximum Gasteiger partial charge on any atom is 0.290 e. The van der Waals surface area contributed by atoms with E-state index in [-0.39, 0.29) is 28.6 Å². The number of primary amides is 1. The molecule has 0 spiro atoms. The SMILES string of the molecule is COc1cc(O)c(C(N)=O)c2oc(C(=O)N3CCN(c4ccccc4)CC3)c(C)c12. The Labute approximate surface area is 173 Å². The molecule has 0 bridgehead atoms. The predicted octanol–water partition coefficient (Wildman–Crippen LogP) is 2.52. The van der Waals surface area contributed by atoms with E-state index in [2.05, 4.69) is 4.90 Å². The number of phenols is 1. The van der Waals surface area contributed by atoms with Gasteiger partial charge in [-0.1, -0.05) is 18.2 Å². The first kappa shape index (κ1) is 19.6. The molecule has 4 rings (SSSR count). The third-order valence-electron chi connectivity index (χ3n) is 5.49. The molecule has 0 aliphatic carbocycles.